The summed E-state index contributed by atoms with van der Waals surface area (Å²) in [6.45, 7) is 21.4. The zero-order valence-corrected chi connectivity index (χ0v) is 56.9. The van der Waals surface area contributed by atoms with Crippen LogP contribution in [0.5, 0.6) is 0 Å². The Hall–Kier alpha value is -10.4. The van der Waals surface area contributed by atoms with Crippen molar-refractivity contribution in [3.05, 3.63) is 369 Å². The molecular formula is C87H92N8. The van der Waals surface area contributed by atoms with Gasteiger partial charge >= 0.3 is 0 Å². The smallest absolute Gasteiger partial charge is 0.163 e. The summed E-state index contributed by atoms with van der Waals surface area (Å²) in [6.07, 6.45) is 4.74. The molecule has 8 nitrogen and oxygen atoms in total. The minimum absolute atomic E-state index is 0.0853. The molecule has 10 aromatic carbocycles. The molecule has 0 spiro atoms. The third kappa shape index (κ3) is 13.8. The molecule has 1 fully saturated rings. The molecule has 3 N–H and O–H groups in total. The second-order valence-corrected chi connectivity index (χ2v) is 25.4. The van der Waals surface area contributed by atoms with Gasteiger partial charge in [-0.2, -0.15) is 0 Å². The van der Waals surface area contributed by atoms with Gasteiger partial charge in [0.25, 0.3) is 0 Å². The Balaban J connectivity index is 0.000000125. The number of hydrogen-bond donors (Lipinski definition) is 3. The average molecular weight is 1250 g/mol. The van der Waals surface area contributed by atoms with Gasteiger partial charge in [-0.15, -0.1) is 0 Å². The SMILES string of the molecule is CC1=C(C)N(c2ccccc2C)C(c2ccccc2)N1c1ccccc1.[2H]N1C(C)=C(C)N(c2ccccc2C)C1c1ccccc1.[2H]N1C(C2CCCC2)=C(C)N(c2ccccc2C)C1c1ccccc1.[2H]N1C(c2ccccc2)=C(C)N(c2ccccc2C)C1c1ccccc1. The average Bonchev–Trinajstić information content (AvgIpc) is 1.62. The Bertz CT molecular complexity index is 4460. The van der Waals surface area contributed by atoms with Gasteiger partial charge in [0.15, 0.2) is 4.24 Å². The fourth-order valence-electron chi connectivity index (χ4n) is 14.1. The summed E-state index contributed by atoms with van der Waals surface area (Å²) in [5.41, 5.74) is 25.9. The van der Waals surface area contributed by atoms with Gasteiger partial charge in [-0.05, 0) is 169 Å². The van der Waals surface area contributed by atoms with Crippen LogP contribution in [0, 0.1) is 33.6 Å². The van der Waals surface area contributed by atoms with Crippen LogP contribution < -0.4 is 40.4 Å². The molecule has 0 bridgehead atoms. The minimum atomic E-state index is -0.187. The highest BCUT2D eigenvalue weighted by Gasteiger charge is 2.39. The van der Waals surface area contributed by atoms with E-state index < -0.39 is 0 Å². The van der Waals surface area contributed by atoms with E-state index in [1.807, 2.05) is 67.6 Å². The van der Waals surface area contributed by atoms with Crippen LogP contribution in [0.1, 0.15) is 142 Å². The topological polar surface area (TPSA) is 52.3 Å². The van der Waals surface area contributed by atoms with Crippen molar-refractivity contribution in [2.24, 2.45) is 5.92 Å². The molecule has 10 aromatic rings. The van der Waals surface area contributed by atoms with Gasteiger partial charge in [0, 0.05) is 74.2 Å². The van der Waals surface area contributed by atoms with Crippen molar-refractivity contribution >= 4 is 34.1 Å². The van der Waals surface area contributed by atoms with Gasteiger partial charge in [-0.3, -0.25) is 0 Å². The molecule has 15 rings (SSSR count). The largest absolute Gasteiger partial charge is 0.363 e. The first kappa shape index (κ1) is 60.8. The van der Waals surface area contributed by atoms with Gasteiger partial charge in [0.2, 0.25) is 0 Å². The lowest BCUT2D eigenvalue weighted by Gasteiger charge is -2.35. The van der Waals surface area contributed by atoms with Crippen LogP contribution in [0.4, 0.5) is 28.4 Å². The molecule has 4 aliphatic heterocycles. The van der Waals surface area contributed by atoms with Gasteiger partial charge in [-0.1, -0.05) is 255 Å². The second-order valence-electron chi connectivity index (χ2n) is 25.4. The van der Waals surface area contributed by atoms with E-state index in [0.717, 1.165) is 50.9 Å². The lowest BCUT2D eigenvalue weighted by atomic mass is 10.0. The van der Waals surface area contributed by atoms with Crippen LogP contribution in [0.2, 0.25) is 4.24 Å². The summed E-state index contributed by atoms with van der Waals surface area (Å²) in [5.74, 6) is 0.526. The highest BCUT2D eigenvalue weighted by molar-refractivity contribution is 5.78. The molecule has 0 amide bonds. The second kappa shape index (κ2) is 29.7. The van der Waals surface area contributed by atoms with Crippen molar-refractivity contribution in [2.75, 3.05) is 24.5 Å². The van der Waals surface area contributed by atoms with Crippen LogP contribution in [0.15, 0.2) is 319 Å². The quantitative estimate of drug-likeness (QED) is 0.118. The van der Waals surface area contributed by atoms with Crippen molar-refractivity contribution in [1.29, 1.82) is 0 Å². The maximum Gasteiger partial charge on any atom is 0.163 e. The van der Waals surface area contributed by atoms with Crippen LogP contribution >= 0.6 is 0 Å². The molecule has 1 aliphatic carbocycles. The first-order valence-corrected chi connectivity index (χ1v) is 33.8. The minimum Gasteiger partial charge on any atom is -0.363 e. The summed E-state index contributed by atoms with van der Waals surface area (Å²) < 4.78 is 26.3. The molecule has 5 aliphatic rings. The number of nitrogens with one attached hydrogen (secondary N) is 3. The lowest BCUT2D eigenvalue weighted by molar-refractivity contribution is 0.552. The van der Waals surface area contributed by atoms with E-state index in [9.17, 15) is 0 Å². The first-order chi connectivity index (χ1) is 47.7. The normalized spacial score (nSPS) is 19.2. The summed E-state index contributed by atoms with van der Waals surface area (Å²) in [4.78, 5) is 11.8. The van der Waals surface area contributed by atoms with Crippen molar-refractivity contribution in [1.82, 2.24) is 15.9 Å². The molecule has 4 heterocycles. The van der Waals surface area contributed by atoms with E-state index in [4.69, 9.17) is 4.24 Å². The Kier molecular flexibility index (Phi) is 19.0. The molecule has 1 saturated carbocycles. The van der Waals surface area contributed by atoms with E-state index in [2.05, 4.69) is 305 Å². The number of allylic oxidation sites excluding steroid dienone is 7. The third-order valence-corrected chi connectivity index (χ3v) is 19.3. The number of para-hydroxylation sites is 5. The Morgan fingerprint density at radius 1 is 0.295 bits per heavy atom. The Labute approximate surface area is 570 Å². The number of rotatable bonds is 11. The van der Waals surface area contributed by atoms with Crippen molar-refractivity contribution in [2.45, 2.75) is 120 Å². The predicted octanol–water partition coefficient (Wildman–Crippen LogP) is 21.6. The third-order valence-electron chi connectivity index (χ3n) is 19.3. The number of nitrogens with zero attached hydrogens (tertiary/aromatic N) is 5. The molecule has 0 radical (unpaired) electrons. The molecule has 0 saturated heterocycles. The van der Waals surface area contributed by atoms with E-state index in [0.29, 0.717) is 5.92 Å². The molecule has 0 aromatic heterocycles. The van der Waals surface area contributed by atoms with Crippen molar-refractivity contribution < 1.29 is 4.24 Å². The number of benzene rings is 10. The van der Waals surface area contributed by atoms with Crippen LogP contribution in [-0.4, -0.2) is 0 Å². The number of anilines is 5. The van der Waals surface area contributed by atoms with E-state index in [-0.39, 0.29) is 24.7 Å². The molecule has 95 heavy (non-hydrogen) atoms. The van der Waals surface area contributed by atoms with E-state index >= 15 is 0 Å². The molecular weight excluding hydrogens is 1160 g/mol. The summed E-state index contributed by atoms with van der Waals surface area (Å²) in [5, 5.41) is 5.04. The highest BCUT2D eigenvalue weighted by atomic mass is 15.4. The van der Waals surface area contributed by atoms with Gasteiger partial charge in [0.1, 0.15) is 24.7 Å². The van der Waals surface area contributed by atoms with Gasteiger partial charge in [-0.25, -0.2) is 0 Å². The fraction of sp³-hybridized carbons (Fsp3) is 0.218. The van der Waals surface area contributed by atoms with Crippen LogP contribution in [0.25, 0.3) is 5.70 Å². The zero-order valence-electron chi connectivity index (χ0n) is 59.9. The molecule has 8 heteroatoms. The number of aryl methyl sites for hydroxylation is 4. The van der Waals surface area contributed by atoms with E-state index in [1.165, 1.54) is 98.9 Å². The summed E-state index contributed by atoms with van der Waals surface area (Å²) in [7, 11) is 0. The standard InChI is InChI=1S/C24H24N2.C23H22N2.C22H26N2.C18H20N2/c1-18-12-10-11-17-23(18)26-20(3)19(2)25(22-15-8-5-9-16-22)24(26)21-13-6-4-7-14-21;1-17-11-9-10-16-21(17)25-18(2)22(19-12-5-3-6-13-19)24-23(25)20-14-7-4-8-15-20;1-16-10-6-9-15-20(16)24-17(2)21(18-11-7-8-12-18)23-22(24)19-13-4-3-5-14-19;1-13-9-7-8-12-17(13)20-15(3)14(2)19-18(20)16-10-5-4-6-11-16/h4-17,24H,1-3H3;3-16,23-24H,1-2H3;3-6,9-10,13-15,18,22-23H,7-8,11-12H2,1-2H3;4-12,18-19H,1-3H3/i/hD3. The maximum absolute atomic E-state index is 8.96. The highest BCUT2D eigenvalue weighted by Crippen LogP contribution is 2.47. The zero-order chi connectivity index (χ0) is 68.6. The monoisotopic (exact) mass is 1250 g/mol. The molecule has 480 valence electrons. The first-order valence-electron chi connectivity index (χ1n) is 35.1. The Morgan fingerprint density at radius 2 is 0.621 bits per heavy atom. The number of hydrogen-bond acceptors (Lipinski definition) is 8. The summed E-state index contributed by atoms with van der Waals surface area (Å²) >= 11 is 0. The van der Waals surface area contributed by atoms with Crippen molar-refractivity contribution in [3.63, 3.8) is 0 Å². The lowest BCUT2D eigenvalue weighted by Crippen LogP contribution is -2.33. The van der Waals surface area contributed by atoms with Gasteiger partial charge < -0.3 is 40.4 Å². The van der Waals surface area contributed by atoms with Crippen LogP contribution in [-0.2, 0) is 0 Å². The maximum atomic E-state index is 8.96. The Morgan fingerprint density at radius 3 is 1.05 bits per heavy atom. The predicted molar refractivity (Wildman–Crippen MR) is 400 cm³/mol. The van der Waals surface area contributed by atoms with Crippen molar-refractivity contribution in [3.8, 4) is 0 Å². The van der Waals surface area contributed by atoms with Gasteiger partial charge in [0.05, 0.1) is 5.70 Å². The molecule has 4 unspecified atom stereocenters. The van der Waals surface area contributed by atoms with E-state index in [1.54, 1.807) is 15.9 Å². The molecule has 4 atom stereocenters. The van der Waals surface area contributed by atoms with Crippen LogP contribution in [0.3, 0.4) is 0 Å². The fourth-order valence-corrected chi connectivity index (χ4v) is 14.1. The summed E-state index contributed by atoms with van der Waals surface area (Å²) in [6, 6.07) is 96.5.